The first-order chi connectivity index (χ1) is 14.6. The second-order valence-corrected chi connectivity index (χ2v) is 7.28. The van der Waals surface area contributed by atoms with E-state index in [1.165, 1.54) is 6.92 Å². The van der Waals surface area contributed by atoms with Crippen molar-refractivity contribution in [1.82, 2.24) is 20.1 Å². The smallest absolute Gasteiger partial charge is 0.259 e. The summed E-state index contributed by atoms with van der Waals surface area (Å²) in [6.07, 6.45) is 4.89. The number of amides is 2. The summed E-state index contributed by atoms with van der Waals surface area (Å²) in [5, 5.41) is 10.1. The van der Waals surface area contributed by atoms with Crippen molar-refractivity contribution in [2.75, 3.05) is 11.9 Å². The fourth-order valence-electron chi connectivity index (χ4n) is 3.52. The number of fused-ring (bicyclic) bond motifs is 1. The van der Waals surface area contributed by atoms with E-state index in [0.29, 0.717) is 41.8 Å². The van der Waals surface area contributed by atoms with Crippen LogP contribution in [0.25, 0.3) is 0 Å². The zero-order valence-corrected chi connectivity index (χ0v) is 16.7. The van der Waals surface area contributed by atoms with Crippen molar-refractivity contribution in [3.63, 3.8) is 0 Å². The lowest BCUT2D eigenvalue weighted by Crippen LogP contribution is -2.32. The van der Waals surface area contributed by atoms with Crippen LogP contribution in [0.1, 0.15) is 29.4 Å². The SMILES string of the molecule is CC(=O)NC[C@@H]1CCn2ncc(C(=O)Nc3cccc(Oc4ccccn4)c3)c2C1. The Balaban J connectivity index is 1.45. The number of ether oxygens (including phenoxy) is 1. The van der Waals surface area contributed by atoms with Crippen molar-refractivity contribution in [3.8, 4) is 11.6 Å². The van der Waals surface area contributed by atoms with Crippen LogP contribution in [0, 0.1) is 5.92 Å². The molecule has 0 unspecified atom stereocenters. The number of nitrogens with one attached hydrogen (secondary N) is 2. The van der Waals surface area contributed by atoms with E-state index in [-0.39, 0.29) is 11.8 Å². The van der Waals surface area contributed by atoms with Crippen molar-refractivity contribution in [2.45, 2.75) is 26.3 Å². The first-order valence-corrected chi connectivity index (χ1v) is 9.88. The third-order valence-electron chi connectivity index (χ3n) is 5.02. The number of benzene rings is 1. The summed E-state index contributed by atoms with van der Waals surface area (Å²) in [5.41, 5.74) is 2.08. The van der Waals surface area contributed by atoms with E-state index in [2.05, 4.69) is 20.7 Å². The van der Waals surface area contributed by atoms with Gasteiger partial charge in [0.15, 0.2) is 0 Å². The summed E-state index contributed by atoms with van der Waals surface area (Å²) in [6.45, 7) is 2.85. The van der Waals surface area contributed by atoms with Crippen molar-refractivity contribution in [1.29, 1.82) is 0 Å². The minimum absolute atomic E-state index is 0.0418. The van der Waals surface area contributed by atoms with Crippen LogP contribution in [-0.2, 0) is 17.8 Å². The number of hydrogen-bond donors (Lipinski definition) is 2. The van der Waals surface area contributed by atoms with Crippen molar-refractivity contribution < 1.29 is 14.3 Å². The number of nitrogens with zero attached hydrogens (tertiary/aromatic N) is 3. The Labute approximate surface area is 174 Å². The van der Waals surface area contributed by atoms with Gasteiger partial charge in [0, 0.05) is 44.0 Å². The number of carbonyl (C=O) groups excluding carboxylic acids is 2. The second kappa shape index (κ2) is 8.77. The van der Waals surface area contributed by atoms with Gasteiger partial charge < -0.3 is 15.4 Å². The standard InChI is InChI=1S/C22H23N5O3/c1-15(28)24-13-16-8-10-27-20(11-16)19(14-25-27)22(29)26-17-5-4-6-18(12-17)30-21-7-2-3-9-23-21/h2-7,9,12,14,16H,8,10-11,13H2,1H3,(H,24,28)(H,26,29)/t16-/m1/s1. The maximum atomic E-state index is 12.9. The molecule has 0 fully saturated rings. The van der Waals surface area contributed by atoms with Gasteiger partial charge in [0.1, 0.15) is 5.75 Å². The molecule has 2 N–H and O–H groups in total. The number of rotatable bonds is 6. The minimum atomic E-state index is -0.216. The molecule has 3 heterocycles. The largest absolute Gasteiger partial charge is 0.439 e. The summed E-state index contributed by atoms with van der Waals surface area (Å²) in [4.78, 5) is 28.2. The number of hydrogen-bond acceptors (Lipinski definition) is 5. The molecule has 2 amide bonds. The molecule has 4 rings (SSSR count). The highest BCUT2D eigenvalue weighted by Crippen LogP contribution is 2.25. The molecule has 2 aromatic heterocycles. The van der Waals surface area contributed by atoms with Crippen LogP contribution in [0.2, 0.25) is 0 Å². The van der Waals surface area contributed by atoms with Crippen LogP contribution >= 0.6 is 0 Å². The number of carbonyl (C=O) groups is 2. The second-order valence-electron chi connectivity index (χ2n) is 7.28. The molecule has 0 radical (unpaired) electrons. The van der Waals surface area contributed by atoms with E-state index >= 15 is 0 Å². The molecule has 1 atom stereocenters. The molecular weight excluding hydrogens is 382 g/mol. The van der Waals surface area contributed by atoms with Crippen molar-refractivity contribution in [2.24, 2.45) is 5.92 Å². The average Bonchev–Trinajstić information content (AvgIpc) is 3.17. The van der Waals surface area contributed by atoms with Crippen LogP contribution in [0.15, 0.2) is 54.9 Å². The molecule has 1 aliphatic rings. The first-order valence-electron chi connectivity index (χ1n) is 9.88. The lowest BCUT2D eigenvalue weighted by molar-refractivity contribution is -0.119. The lowest BCUT2D eigenvalue weighted by Gasteiger charge is -2.24. The molecule has 8 nitrogen and oxygen atoms in total. The molecule has 30 heavy (non-hydrogen) atoms. The Morgan fingerprint density at radius 2 is 2.13 bits per heavy atom. The zero-order valence-electron chi connectivity index (χ0n) is 16.7. The van der Waals surface area contributed by atoms with Crippen LogP contribution in [0.5, 0.6) is 11.6 Å². The number of pyridine rings is 1. The van der Waals surface area contributed by atoms with E-state index in [4.69, 9.17) is 4.74 Å². The molecule has 0 bridgehead atoms. The number of aromatic nitrogens is 3. The molecule has 1 aromatic carbocycles. The molecule has 0 aliphatic carbocycles. The van der Waals surface area contributed by atoms with E-state index in [0.717, 1.165) is 18.7 Å². The van der Waals surface area contributed by atoms with Gasteiger partial charge >= 0.3 is 0 Å². The number of aryl methyl sites for hydroxylation is 1. The monoisotopic (exact) mass is 405 g/mol. The molecule has 1 aliphatic heterocycles. The van der Waals surface area contributed by atoms with Gasteiger partial charge in [0.2, 0.25) is 11.8 Å². The zero-order chi connectivity index (χ0) is 20.9. The summed E-state index contributed by atoms with van der Waals surface area (Å²) < 4.78 is 7.60. The quantitative estimate of drug-likeness (QED) is 0.657. The van der Waals surface area contributed by atoms with Gasteiger partial charge in [-0.3, -0.25) is 14.3 Å². The topological polar surface area (TPSA) is 98.1 Å². The van der Waals surface area contributed by atoms with Gasteiger partial charge in [-0.15, -0.1) is 0 Å². The average molecular weight is 405 g/mol. The molecule has 8 heteroatoms. The fourth-order valence-corrected chi connectivity index (χ4v) is 3.52. The Morgan fingerprint density at radius 3 is 2.93 bits per heavy atom. The summed E-state index contributed by atoms with van der Waals surface area (Å²) in [7, 11) is 0. The lowest BCUT2D eigenvalue weighted by atomic mass is 9.94. The maximum Gasteiger partial charge on any atom is 0.259 e. The normalized spacial score (nSPS) is 15.2. The van der Waals surface area contributed by atoms with Gasteiger partial charge in [-0.05, 0) is 37.0 Å². The molecule has 0 saturated heterocycles. The Kier molecular flexibility index (Phi) is 5.74. The number of anilines is 1. The molecule has 154 valence electrons. The maximum absolute atomic E-state index is 12.9. The van der Waals surface area contributed by atoms with E-state index in [1.54, 1.807) is 36.7 Å². The fraction of sp³-hybridized carbons (Fsp3) is 0.273. The highest BCUT2D eigenvalue weighted by Gasteiger charge is 2.25. The Bertz CT molecular complexity index is 1050. The predicted octanol–water partition coefficient (Wildman–Crippen LogP) is 3.02. The van der Waals surface area contributed by atoms with Gasteiger partial charge in [-0.2, -0.15) is 5.10 Å². The molecule has 3 aromatic rings. The molecular formula is C22H23N5O3. The van der Waals surface area contributed by atoms with Gasteiger partial charge in [0.05, 0.1) is 17.5 Å². The van der Waals surface area contributed by atoms with Crippen molar-refractivity contribution >= 4 is 17.5 Å². The van der Waals surface area contributed by atoms with Crippen LogP contribution in [0.4, 0.5) is 5.69 Å². The van der Waals surface area contributed by atoms with E-state index in [1.807, 2.05) is 22.9 Å². The van der Waals surface area contributed by atoms with Crippen molar-refractivity contribution in [3.05, 3.63) is 66.1 Å². The molecule has 0 spiro atoms. The predicted molar refractivity (Wildman–Crippen MR) is 111 cm³/mol. The highest BCUT2D eigenvalue weighted by atomic mass is 16.5. The van der Waals surface area contributed by atoms with Crippen LogP contribution in [-0.4, -0.2) is 33.1 Å². The van der Waals surface area contributed by atoms with E-state index < -0.39 is 0 Å². The first kappa shape index (κ1) is 19.6. The molecule has 0 saturated carbocycles. The Hall–Kier alpha value is -3.68. The summed E-state index contributed by atoms with van der Waals surface area (Å²) >= 11 is 0. The van der Waals surface area contributed by atoms with E-state index in [9.17, 15) is 9.59 Å². The Morgan fingerprint density at radius 1 is 1.23 bits per heavy atom. The third kappa shape index (κ3) is 4.65. The summed E-state index contributed by atoms with van der Waals surface area (Å²) in [6, 6.07) is 12.6. The van der Waals surface area contributed by atoms with Gasteiger partial charge in [-0.25, -0.2) is 4.98 Å². The third-order valence-corrected chi connectivity index (χ3v) is 5.02. The highest BCUT2D eigenvalue weighted by molar-refractivity contribution is 6.05. The van der Waals surface area contributed by atoms with Crippen LogP contribution < -0.4 is 15.4 Å². The van der Waals surface area contributed by atoms with Gasteiger partial charge in [0.25, 0.3) is 5.91 Å². The van der Waals surface area contributed by atoms with Gasteiger partial charge in [-0.1, -0.05) is 12.1 Å². The minimum Gasteiger partial charge on any atom is -0.439 e. The van der Waals surface area contributed by atoms with Crippen LogP contribution in [0.3, 0.4) is 0 Å². The summed E-state index contributed by atoms with van der Waals surface area (Å²) in [5.74, 6) is 1.10.